The molecule has 1 heterocycles. The van der Waals surface area contributed by atoms with Gasteiger partial charge in [0.1, 0.15) is 0 Å². The maximum absolute atomic E-state index is 10.5. The quantitative estimate of drug-likeness (QED) is 0.484. The van der Waals surface area contributed by atoms with Crippen molar-refractivity contribution in [2.45, 2.75) is 0 Å². The first-order chi connectivity index (χ1) is 6.15. The van der Waals surface area contributed by atoms with Crippen LogP contribution in [-0.2, 0) is 9.59 Å². The van der Waals surface area contributed by atoms with Crippen LogP contribution < -0.4 is 5.73 Å². The largest absolute Gasteiger partial charge is 0.476 e. The molecule has 0 aliphatic heterocycles. The Morgan fingerprint density at radius 1 is 1.69 bits per heavy atom. The summed E-state index contributed by atoms with van der Waals surface area (Å²) in [5.41, 5.74) is 4.71. The first-order valence-electron chi connectivity index (χ1n) is 2.99. The number of amides is 1. The van der Waals surface area contributed by atoms with Crippen LogP contribution in [-0.4, -0.2) is 32.6 Å². The molecule has 1 amide bonds. The van der Waals surface area contributed by atoms with E-state index in [0.717, 1.165) is 11.5 Å². The van der Waals surface area contributed by atoms with E-state index in [2.05, 4.69) is 14.3 Å². The van der Waals surface area contributed by atoms with Gasteiger partial charge in [-0.05, 0) is 0 Å². The van der Waals surface area contributed by atoms with E-state index in [0.29, 0.717) is 0 Å². The lowest BCUT2D eigenvalue weighted by Crippen LogP contribution is -2.16. The molecular formula is C5H4N4O3S. The number of carboxylic acid groups (broad SMARTS) is 1. The second kappa shape index (κ2) is 3.72. The summed E-state index contributed by atoms with van der Waals surface area (Å²) in [7, 11) is 0. The molecule has 0 saturated carbocycles. The number of hydrogen-bond acceptors (Lipinski definition) is 6. The van der Waals surface area contributed by atoms with Crippen molar-refractivity contribution in [3.8, 4) is 0 Å². The predicted molar refractivity (Wildman–Crippen MR) is 44.6 cm³/mol. The fraction of sp³-hybridized carbons (Fsp3) is 0. The topological polar surface area (TPSA) is 119 Å². The summed E-state index contributed by atoms with van der Waals surface area (Å²) in [6.45, 7) is 0. The Morgan fingerprint density at radius 3 is 2.77 bits per heavy atom. The van der Waals surface area contributed by atoms with E-state index in [4.69, 9.17) is 10.8 Å². The smallest absolute Gasteiger partial charge is 0.358 e. The van der Waals surface area contributed by atoms with E-state index in [-0.39, 0.29) is 17.4 Å². The number of hydrogen-bond donors (Lipinski definition) is 2. The van der Waals surface area contributed by atoms with Crippen LogP contribution in [0.1, 0.15) is 5.82 Å². The highest BCUT2D eigenvalue weighted by Crippen LogP contribution is 2.06. The van der Waals surface area contributed by atoms with Crippen LogP contribution in [0.25, 0.3) is 0 Å². The minimum atomic E-state index is -1.37. The molecule has 8 heteroatoms. The summed E-state index contributed by atoms with van der Waals surface area (Å²) in [5.74, 6) is -1.52. The number of nitrogens with two attached hydrogens (primary N) is 1. The Kier molecular flexibility index (Phi) is 2.65. The van der Waals surface area contributed by atoms with Crippen LogP contribution in [0.2, 0.25) is 0 Å². The molecule has 13 heavy (non-hydrogen) atoms. The lowest BCUT2D eigenvalue weighted by molar-refractivity contribution is -0.129. The molecule has 0 radical (unpaired) electrons. The average molecular weight is 200 g/mol. The molecule has 0 atom stereocenters. The molecule has 68 valence electrons. The van der Waals surface area contributed by atoms with E-state index < -0.39 is 11.7 Å². The number of aromatic nitrogens is 2. The van der Waals surface area contributed by atoms with E-state index in [1.54, 1.807) is 0 Å². The van der Waals surface area contributed by atoms with Crippen LogP contribution in [0.3, 0.4) is 0 Å². The van der Waals surface area contributed by atoms with E-state index >= 15 is 0 Å². The van der Waals surface area contributed by atoms with Gasteiger partial charge in [-0.3, -0.25) is 4.79 Å². The van der Waals surface area contributed by atoms with Gasteiger partial charge in [0.05, 0.1) is 0 Å². The maximum atomic E-state index is 10.5. The minimum absolute atomic E-state index is 0.112. The van der Waals surface area contributed by atoms with Crippen molar-refractivity contribution in [2.75, 3.05) is 5.73 Å². The van der Waals surface area contributed by atoms with Crippen molar-refractivity contribution in [3.05, 3.63) is 5.82 Å². The van der Waals surface area contributed by atoms with Crippen molar-refractivity contribution in [1.82, 2.24) is 9.36 Å². The highest BCUT2D eigenvalue weighted by molar-refractivity contribution is 7.09. The highest BCUT2D eigenvalue weighted by Gasteiger charge is 2.17. The van der Waals surface area contributed by atoms with Crippen LogP contribution in [0.5, 0.6) is 0 Å². The molecule has 3 N–H and O–H groups in total. The van der Waals surface area contributed by atoms with Gasteiger partial charge in [-0.2, -0.15) is 9.36 Å². The lowest BCUT2D eigenvalue weighted by atomic mass is 10.3. The zero-order chi connectivity index (χ0) is 9.84. The first-order valence-corrected chi connectivity index (χ1v) is 3.76. The van der Waals surface area contributed by atoms with Crippen molar-refractivity contribution in [3.63, 3.8) is 0 Å². The normalized spacial score (nSPS) is 11.2. The number of nitrogens with zero attached hydrogens (tertiary/aromatic N) is 3. The first kappa shape index (κ1) is 9.26. The Labute approximate surface area is 76.1 Å². The van der Waals surface area contributed by atoms with Crippen molar-refractivity contribution in [2.24, 2.45) is 4.99 Å². The Balaban J connectivity index is 3.09. The molecule has 7 nitrogen and oxygen atoms in total. The molecule has 0 aliphatic rings. The molecule has 0 spiro atoms. The molecule has 0 saturated heterocycles. The Bertz CT molecular complexity index is 372. The van der Waals surface area contributed by atoms with Crippen molar-refractivity contribution < 1.29 is 14.7 Å². The number of rotatable bonds is 3. The second-order valence-electron chi connectivity index (χ2n) is 1.84. The molecule has 0 unspecified atom stereocenters. The van der Waals surface area contributed by atoms with Gasteiger partial charge in [0.25, 0.3) is 0 Å². The zero-order valence-electron chi connectivity index (χ0n) is 6.17. The molecule has 0 aliphatic carbocycles. The molecule has 0 aromatic carbocycles. The van der Waals surface area contributed by atoms with Crippen LogP contribution >= 0.6 is 11.5 Å². The molecule has 1 aromatic heterocycles. The van der Waals surface area contributed by atoms with Crippen LogP contribution in [0.15, 0.2) is 4.99 Å². The number of carboxylic acids is 1. The fourth-order valence-electron chi connectivity index (χ4n) is 0.593. The fourth-order valence-corrected chi connectivity index (χ4v) is 1.03. The number of carbonyl (C=O) groups is 2. The molecular weight excluding hydrogens is 196 g/mol. The lowest BCUT2D eigenvalue weighted by Gasteiger charge is -1.90. The SMILES string of the molecule is Nc1nc(/C(=N\C=O)C(=O)O)ns1. The van der Waals surface area contributed by atoms with Gasteiger partial charge in [-0.25, -0.2) is 9.79 Å². The molecule has 1 rings (SSSR count). The predicted octanol–water partition coefficient (Wildman–Crippen LogP) is -0.850. The van der Waals surface area contributed by atoms with Gasteiger partial charge in [0.2, 0.25) is 12.2 Å². The van der Waals surface area contributed by atoms with E-state index in [1.807, 2.05) is 0 Å². The number of anilines is 1. The Morgan fingerprint density at radius 2 is 2.38 bits per heavy atom. The molecule has 0 bridgehead atoms. The summed E-state index contributed by atoms with van der Waals surface area (Å²) in [4.78, 5) is 27.1. The highest BCUT2D eigenvalue weighted by atomic mass is 32.1. The van der Waals surface area contributed by atoms with Crippen molar-refractivity contribution >= 4 is 34.8 Å². The van der Waals surface area contributed by atoms with Crippen LogP contribution in [0, 0.1) is 0 Å². The van der Waals surface area contributed by atoms with Gasteiger partial charge in [0, 0.05) is 11.5 Å². The Hall–Kier alpha value is -1.83. The summed E-state index contributed by atoms with van der Waals surface area (Å²) >= 11 is 0.833. The van der Waals surface area contributed by atoms with Crippen molar-refractivity contribution in [1.29, 1.82) is 0 Å². The number of aliphatic imine (C=N–C) groups is 1. The minimum Gasteiger partial charge on any atom is -0.476 e. The molecule has 1 aromatic rings. The third kappa shape index (κ3) is 2.06. The monoisotopic (exact) mass is 200 g/mol. The van der Waals surface area contributed by atoms with Crippen LogP contribution in [0.4, 0.5) is 5.13 Å². The third-order valence-electron chi connectivity index (χ3n) is 1.04. The maximum Gasteiger partial charge on any atom is 0.358 e. The number of carbonyl (C=O) groups excluding carboxylic acids is 1. The standard InChI is InChI=1S/C5H4N4O3S/c6-5-8-3(9-13-5)2(4(11)12)7-1-10/h1H,(H,11,12)(H2,6,8,9)/b7-2+. The summed E-state index contributed by atoms with van der Waals surface area (Å²) in [6.07, 6.45) is 0.112. The van der Waals surface area contributed by atoms with E-state index in [9.17, 15) is 9.59 Å². The number of aliphatic carboxylic acids is 1. The van der Waals surface area contributed by atoms with Gasteiger partial charge in [0.15, 0.2) is 10.8 Å². The molecule has 0 fully saturated rings. The van der Waals surface area contributed by atoms with Gasteiger partial charge >= 0.3 is 5.97 Å². The summed E-state index contributed by atoms with van der Waals surface area (Å²) in [5, 5.41) is 8.68. The number of nitrogen functional groups attached to an aromatic ring is 1. The summed E-state index contributed by atoms with van der Waals surface area (Å²) < 4.78 is 3.59. The third-order valence-corrected chi connectivity index (χ3v) is 1.58. The van der Waals surface area contributed by atoms with E-state index in [1.165, 1.54) is 0 Å². The average Bonchev–Trinajstić information content (AvgIpc) is 2.46. The summed E-state index contributed by atoms with van der Waals surface area (Å²) in [6, 6.07) is 0. The zero-order valence-corrected chi connectivity index (χ0v) is 6.98. The van der Waals surface area contributed by atoms with Gasteiger partial charge < -0.3 is 10.8 Å². The second-order valence-corrected chi connectivity index (χ2v) is 2.63. The van der Waals surface area contributed by atoms with Gasteiger partial charge in [-0.15, -0.1) is 0 Å². The van der Waals surface area contributed by atoms with Gasteiger partial charge in [-0.1, -0.05) is 0 Å².